The predicted octanol–water partition coefficient (Wildman–Crippen LogP) is 4.41. The van der Waals surface area contributed by atoms with Crippen molar-refractivity contribution in [2.24, 2.45) is 0 Å². The van der Waals surface area contributed by atoms with E-state index in [9.17, 15) is 4.39 Å². The molecule has 0 aliphatic carbocycles. The normalized spacial score (nSPS) is 16.9. The van der Waals surface area contributed by atoms with Crippen LogP contribution in [0.4, 0.5) is 4.39 Å². The summed E-state index contributed by atoms with van der Waals surface area (Å²) in [5.74, 6) is 0.923. The zero-order valence-electron chi connectivity index (χ0n) is 16.9. The van der Waals surface area contributed by atoms with E-state index < -0.39 is 0 Å². The van der Waals surface area contributed by atoms with Crippen molar-refractivity contribution in [2.75, 3.05) is 33.9 Å². The van der Waals surface area contributed by atoms with Crippen LogP contribution < -0.4 is 4.74 Å². The second-order valence-electron chi connectivity index (χ2n) is 7.70. The second-order valence-corrected chi connectivity index (χ2v) is 7.70. The van der Waals surface area contributed by atoms with Gasteiger partial charge >= 0.3 is 0 Å². The number of fused-ring (bicyclic) bond motifs is 1. The lowest BCUT2D eigenvalue weighted by Gasteiger charge is -2.33. The van der Waals surface area contributed by atoms with Crippen LogP contribution in [0.25, 0.3) is 11.0 Å². The van der Waals surface area contributed by atoms with Crippen LogP contribution in [0.1, 0.15) is 30.0 Å². The Morgan fingerprint density at radius 2 is 2.00 bits per heavy atom. The molecule has 1 fully saturated rings. The van der Waals surface area contributed by atoms with Gasteiger partial charge in [-0.2, -0.15) is 0 Å². The predicted molar refractivity (Wildman–Crippen MR) is 110 cm³/mol. The third kappa shape index (κ3) is 4.60. The Kier molecular flexibility index (Phi) is 6.11. The molecule has 0 spiro atoms. The summed E-state index contributed by atoms with van der Waals surface area (Å²) in [5.41, 5.74) is 2.70. The third-order valence-corrected chi connectivity index (χ3v) is 5.83. The lowest BCUT2D eigenvalue weighted by molar-refractivity contribution is 0.0554. The molecule has 154 valence electrons. The molecule has 1 aliphatic heterocycles. The first-order chi connectivity index (χ1) is 14.2. The topological polar surface area (TPSA) is 47.7 Å². The number of piperidine rings is 1. The molecule has 2 heterocycles. The van der Waals surface area contributed by atoms with Crippen molar-refractivity contribution in [3.8, 4) is 5.75 Å². The molecule has 4 rings (SSSR count). The van der Waals surface area contributed by atoms with E-state index in [-0.39, 0.29) is 11.9 Å². The van der Waals surface area contributed by atoms with E-state index in [0.717, 1.165) is 55.7 Å². The smallest absolute Gasteiger partial charge is 0.170 e. The van der Waals surface area contributed by atoms with Crippen LogP contribution in [0, 0.1) is 5.82 Å². The van der Waals surface area contributed by atoms with Gasteiger partial charge in [0.25, 0.3) is 0 Å². The molecule has 3 aromatic rings. The van der Waals surface area contributed by atoms with E-state index in [1.165, 1.54) is 17.7 Å². The van der Waals surface area contributed by atoms with Gasteiger partial charge < -0.3 is 18.9 Å². The number of hydrogen-bond acceptors (Lipinski definition) is 5. The number of likely N-dealkylation sites (tertiary alicyclic amines) is 1. The Balaban J connectivity index is 1.34. The van der Waals surface area contributed by atoms with Crippen molar-refractivity contribution in [3.63, 3.8) is 0 Å². The SMILES string of the molecule is COc1cccc(C[C@@H](CN2CCC(c3noc4cc(F)ccc34)CC2)OC)c1. The highest BCUT2D eigenvalue weighted by Crippen LogP contribution is 2.33. The number of methoxy groups -OCH3 is 2. The van der Waals surface area contributed by atoms with Crippen molar-refractivity contribution in [3.05, 3.63) is 59.5 Å². The number of hydrogen-bond donors (Lipinski definition) is 0. The third-order valence-electron chi connectivity index (χ3n) is 5.83. The molecule has 0 unspecified atom stereocenters. The molecular formula is C23H27FN2O3. The molecule has 1 atom stereocenters. The number of rotatable bonds is 7. The van der Waals surface area contributed by atoms with E-state index in [0.29, 0.717) is 11.5 Å². The first-order valence-corrected chi connectivity index (χ1v) is 10.1. The maximum atomic E-state index is 13.4. The van der Waals surface area contributed by atoms with Crippen LogP contribution in [-0.4, -0.2) is 50.0 Å². The summed E-state index contributed by atoms with van der Waals surface area (Å²) in [5, 5.41) is 5.17. The quantitative estimate of drug-likeness (QED) is 0.590. The number of nitrogens with zero attached hydrogens (tertiary/aromatic N) is 2. The molecule has 2 aromatic carbocycles. The van der Waals surface area contributed by atoms with E-state index in [2.05, 4.69) is 22.2 Å². The maximum Gasteiger partial charge on any atom is 0.170 e. The standard InChI is InChI=1S/C23H27FN2O3/c1-27-19-5-3-4-16(12-19)13-20(28-2)15-26-10-8-17(9-11-26)23-21-7-6-18(24)14-22(21)29-25-23/h3-7,12,14,17,20H,8-11,13,15H2,1-2H3/t20-/m0/s1. The first kappa shape index (κ1) is 19.9. The monoisotopic (exact) mass is 398 g/mol. The Morgan fingerprint density at radius 3 is 2.76 bits per heavy atom. The summed E-state index contributed by atoms with van der Waals surface area (Å²) in [6.07, 6.45) is 3.01. The van der Waals surface area contributed by atoms with Crippen LogP contribution in [0.3, 0.4) is 0 Å². The molecule has 0 radical (unpaired) electrons. The molecule has 0 N–H and O–H groups in total. The van der Waals surface area contributed by atoms with Gasteiger partial charge in [-0.25, -0.2) is 4.39 Å². The fraction of sp³-hybridized carbons (Fsp3) is 0.435. The minimum absolute atomic E-state index is 0.134. The Morgan fingerprint density at radius 1 is 1.17 bits per heavy atom. The summed E-state index contributed by atoms with van der Waals surface area (Å²) in [4.78, 5) is 2.45. The molecule has 1 aliphatic rings. The lowest BCUT2D eigenvalue weighted by Crippen LogP contribution is -2.39. The van der Waals surface area contributed by atoms with Crippen LogP contribution in [0.5, 0.6) is 5.75 Å². The summed E-state index contributed by atoms with van der Waals surface area (Å²) < 4.78 is 29.8. The van der Waals surface area contributed by atoms with E-state index in [1.54, 1.807) is 20.3 Å². The number of halogens is 1. The highest BCUT2D eigenvalue weighted by Gasteiger charge is 2.26. The van der Waals surface area contributed by atoms with Gasteiger partial charge in [0, 0.05) is 31.0 Å². The minimum Gasteiger partial charge on any atom is -0.497 e. The van der Waals surface area contributed by atoms with Gasteiger partial charge in [0.15, 0.2) is 5.58 Å². The van der Waals surface area contributed by atoms with Gasteiger partial charge in [-0.15, -0.1) is 0 Å². The second kappa shape index (κ2) is 8.93. The van der Waals surface area contributed by atoms with Crippen LogP contribution in [0.15, 0.2) is 47.0 Å². The average molecular weight is 398 g/mol. The molecule has 29 heavy (non-hydrogen) atoms. The fourth-order valence-electron chi connectivity index (χ4n) is 4.19. The van der Waals surface area contributed by atoms with Gasteiger partial charge in [0.05, 0.1) is 18.9 Å². The fourth-order valence-corrected chi connectivity index (χ4v) is 4.19. The summed E-state index contributed by atoms with van der Waals surface area (Å²) in [6, 6.07) is 12.8. The van der Waals surface area contributed by atoms with Crippen LogP contribution in [0.2, 0.25) is 0 Å². The Labute approximate surface area is 170 Å². The van der Waals surface area contributed by atoms with Crippen LogP contribution >= 0.6 is 0 Å². The molecule has 1 aromatic heterocycles. The highest BCUT2D eigenvalue weighted by atomic mass is 19.1. The Hall–Kier alpha value is -2.44. The van der Waals surface area contributed by atoms with Gasteiger partial charge in [0.1, 0.15) is 11.6 Å². The molecule has 0 bridgehead atoms. The van der Waals surface area contributed by atoms with Gasteiger partial charge in [-0.3, -0.25) is 0 Å². The van der Waals surface area contributed by atoms with E-state index in [4.69, 9.17) is 14.0 Å². The molecule has 6 heteroatoms. The summed E-state index contributed by atoms with van der Waals surface area (Å²) in [7, 11) is 3.46. The van der Waals surface area contributed by atoms with Crippen molar-refractivity contribution in [1.29, 1.82) is 0 Å². The van der Waals surface area contributed by atoms with E-state index >= 15 is 0 Å². The number of ether oxygens (including phenoxy) is 2. The van der Waals surface area contributed by atoms with Gasteiger partial charge in [0.2, 0.25) is 0 Å². The van der Waals surface area contributed by atoms with Crippen molar-refractivity contribution in [1.82, 2.24) is 10.1 Å². The summed E-state index contributed by atoms with van der Waals surface area (Å²) in [6.45, 7) is 2.86. The first-order valence-electron chi connectivity index (χ1n) is 10.1. The van der Waals surface area contributed by atoms with E-state index in [1.807, 2.05) is 12.1 Å². The zero-order valence-corrected chi connectivity index (χ0v) is 16.9. The number of aromatic nitrogens is 1. The maximum absolute atomic E-state index is 13.4. The number of benzene rings is 2. The average Bonchev–Trinajstić information content (AvgIpc) is 3.17. The Bertz CT molecular complexity index is 950. The van der Waals surface area contributed by atoms with Crippen molar-refractivity contribution >= 4 is 11.0 Å². The molecule has 1 saturated heterocycles. The zero-order chi connectivity index (χ0) is 20.2. The van der Waals surface area contributed by atoms with Crippen molar-refractivity contribution in [2.45, 2.75) is 31.3 Å². The highest BCUT2D eigenvalue weighted by molar-refractivity contribution is 5.79. The molecule has 0 saturated carbocycles. The van der Waals surface area contributed by atoms with Gasteiger partial charge in [-0.05, 0) is 62.2 Å². The van der Waals surface area contributed by atoms with Crippen LogP contribution in [-0.2, 0) is 11.2 Å². The summed E-state index contributed by atoms with van der Waals surface area (Å²) >= 11 is 0. The van der Waals surface area contributed by atoms with Crippen molar-refractivity contribution < 1.29 is 18.4 Å². The largest absolute Gasteiger partial charge is 0.497 e. The molecular weight excluding hydrogens is 371 g/mol. The molecule has 5 nitrogen and oxygen atoms in total. The lowest BCUT2D eigenvalue weighted by atomic mass is 9.91. The molecule has 0 amide bonds. The van der Waals surface area contributed by atoms with Gasteiger partial charge in [-0.1, -0.05) is 17.3 Å². The minimum atomic E-state index is -0.295.